The van der Waals surface area contributed by atoms with Crippen molar-refractivity contribution in [3.05, 3.63) is 24.4 Å². The number of aliphatic hydroxyl groups is 1. The van der Waals surface area contributed by atoms with Crippen LogP contribution in [0.5, 0.6) is 0 Å². The molecule has 1 aromatic carbocycles. The Labute approximate surface area is 162 Å². The minimum atomic E-state index is -0.240. The van der Waals surface area contributed by atoms with E-state index in [1.54, 1.807) is 6.20 Å². The lowest BCUT2D eigenvalue weighted by atomic mass is 10.1. The van der Waals surface area contributed by atoms with Crippen LogP contribution in [0.15, 0.2) is 24.4 Å². The number of hydrogen-bond donors (Lipinski definition) is 2. The van der Waals surface area contributed by atoms with Gasteiger partial charge >= 0.3 is 0 Å². The number of aliphatic hydroxyl groups excluding tert-OH is 1. The zero-order chi connectivity index (χ0) is 18.9. The van der Waals surface area contributed by atoms with Crippen molar-refractivity contribution >= 4 is 22.8 Å². The molecule has 146 valence electrons. The van der Waals surface area contributed by atoms with E-state index in [0.717, 1.165) is 55.5 Å². The lowest BCUT2D eigenvalue weighted by Crippen LogP contribution is -2.39. The van der Waals surface area contributed by atoms with Crippen molar-refractivity contribution in [2.45, 2.75) is 18.9 Å². The largest absolute Gasteiger partial charge is 0.393 e. The Kier molecular flexibility index (Phi) is 4.53. The molecule has 2 N–H and O–H groups in total. The fourth-order valence-corrected chi connectivity index (χ4v) is 3.75. The van der Waals surface area contributed by atoms with Gasteiger partial charge in [-0.3, -0.25) is 5.10 Å². The summed E-state index contributed by atoms with van der Waals surface area (Å²) >= 11 is 0. The molecule has 0 aliphatic carbocycles. The Hall–Kier alpha value is -2.78. The molecule has 2 aliphatic heterocycles. The van der Waals surface area contributed by atoms with Crippen molar-refractivity contribution < 1.29 is 9.84 Å². The predicted molar refractivity (Wildman–Crippen MR) is 105 cm³/mol. The van der Waals surface area contributed by atoms with E-state index in [1.807, 2.05) is 18.2 Å². The lowest BCUT2D eigenvalue weighted by molar-refractivity contribution is 0.122. The summed E-state index contributed by atoms with van der Waals surface area (Å²) in [6, 6.07) is 5.98. The highest BCUT2D eigenvalue weighted by Crippen LogP contribution is 2.28. The van der Waals surface area contributed by atoms with Crippen LogP contribution in [0.2, 0.25) is 0 Å². The molecule has 28 heavy (non-hydrogen) atoms. The van der Waals surface area contributed by atoms with Gasteiger partial charge in [0.1, 0.15) is 0 Å². The number of morpholine rings is 1. The third kappa shape index (κ3) is 3.27. The van der Waals surface area contributed by atoms with Crippen LogP contribution < -0.4 is 9.80 Å². The van der Waals surface area contributed by atoms with Gasteiger partial charge in [0, 0.05) is 37.1 Å². The summed E-state index contributed by atoms with van der Waals surface area (Å²) < 4.78 is 5.48. The van der Waals surface area contributed by atoms with E-state index in [-0.39, 0.29) is 6.10 Å². The number of nitrogens with one attached hydrogen (secondary N) is 1. The van der Waals surface area contributed by atoms with Gasteiger partial charge in [0.15, 0.2) is 5.82 Å². The second kappa shape index (κ2) is 7.33. The fraction of sp³-hybridized carbons (Fsp3) is 0.474. The molecule has 5 rings (SSSR count). The van der Waals surface area contributed by atoms with Crippen molar-refractivity contribution in [1.29, 1.82) is 0 Å². The predicted octanol–water partition coefficient (Wildman–Crippen LogP) is 1.21. The summed E-state index contributed by atoms with van der Waals surface area (Å²) in [6.07, 6.45) is 3.02. The number of H-pyrrole nitrogens is 1. The summed E-state index contributed by atoms with van der Waals surface area (Å²) in [7, 11) is 0. The van der Waals surface area contributed by atoms with E-state index in [2.05, 4.69) is 20.0 Å². The summed E-state index contributed by atoms with van der Waals surface area (Å²) in [5.74, 6) is 1.98. The maximum Gasteiger partial charge on any atom is 0.230 e. The van der Waals surface area contributed by atoms with Crippen molar-refractivity contribution in [2.75, 3.05) is 49.2 Å². The molecular weight excluding hydrogens is 358 g/mol. The molecule has 0 unspecified atom stereocenters. The molecule has 3 aromatic rings. The normalized spacial score (nSPS) is 18.8. The SMILES string of the molecule is OC1CCN(c2nc(-c3cccc4[nH]ncc34)nc(N3CCOCC3)n2)CC1. The Bertz CT molecular complexity index is 962. The molecule has 2 saturated heterocycles. The minimum Gasteiger partial charge on any atom is -0.393 e. The summed E-state index contributed by atoms with van der Waals surface area (Å²) in [4.78, 5) is 18.6. The first kappa shape index (κ1) is 17.3. The molecule has 9 nitrogen and oxygen atoms in total. The van der Waals surface area contributed by atoms with Crippen molar-refractivity contribution in [2.24, 2.45) is 0 Å². The molecule has 2 aromatic heterocycles. The van der Waals surface area contributed by atoms with Gasteiger partial charge in [-0.2, -0.15) is 20.1 Å². The zero-order valence-electron chi connectivity index (χ0n) is 15.6. The number of aromatic nitrogens is 5. The first-order valence-electron chi connectivity index (χ1n) is 9.72. The molecule has 0 bridgehead atoms. The number of ether oxygens (including phenoxy) is 1. The maximum atomic E-state index is 9.85. The highest BCUT2D eigenvalue weighted by Gasteiger charge is 2.23. The van der Waals surface area contributed by atoms with Gasteiger partial charge in [0.25, 0.3) is 0 Å². The molecule has 0 spiro atoms. The molecule has 9 heteroatoms. The van der Waals surface area contributed by atoms with Crippen LogP contribution in [0.25, 0.3) is 22.3 Å². The molecule has 0 amide bonds. The van der Waals surface area contributed by atoms with Crippen LogP contribution in [-0.2, 0) is 4.74 Å². The molecule has 2 aliphatic rings. The van der Waals surface area contributed by atoms with E-state index in [9.17, 15) is 5.11 Å². The number of piperidine rings is 1. The second-order valence-corrected chi connectivity index (χ2v) is 7.21. The van der Waals surface area contributed by atoms with E-state index in [4.69, 9.17) is 19.7 Å². The van der Waals surface area contributed by atoms with Gasteiger partial charge in [0.2, 0.25) is 11.9 Å². The molecule has 0 saturated carbocycles. The fourth-order valence-electron chi connectivity index (χ4n) is 3.75. The van der Waals surface area contributed by atoms with Crippen molar-refractivity contribution in [1.82, 2.24) is 25.1 Å². The van der Waals surface area contributed by atoms with E-state index in [1.165, 1.54) is 0 Å². The molecular formula is C19H23N7O2. The Morgan fingerprint density at radius 1 is 0.964 bits per heavy atom. The van der Waals surface area contributed by atoms with Gasteiger partial charge in [-0.05, 0) is 18.9 Å². The summed E-state index contributed by atoms with van der Waals surface area (Å²) in [5.41, 5.74) is 1.88. The van der Waals surface area contributed by atoms with Gasteiger partial charge in [-0.1, -0.05) is 12.1 Å². The number of aromatic amines is 1. The number of rotatable bonds is 3. The number of nitrogens with zero attached hydrogens (tertiary/aromatic N) is 6. The maximum absolute atomic E-state index is 9.85. The van der Waals surface area contributed by atoms with Crippen molar-refractivity contribution in [3.8, 4) is 11.4 Å². The van der Waals surface area contributed by atoms with Gasteiger partial charge in [-0.25, -0.2) is 0 Å². The lowest BCUT2D eigenvalue weighted by Gasteiger charge is -2.31. The van der Waals surface area contributed by atoms with E-state index >= 15 is 0 Å². The monoisotopic (exact) mass is 381 g/mol. The number of fused-ring (bicyclic) bond motifs is 1. The highest BCUT2D eigenvalue weighted by atomic mass is 16.5. The number of hydrogen-bond acceptors (Lipinski definition) is 8. The highest BCUT2D eigenvalue weighted by molar-refractivity contribution is 5.92. The average molecular weight is 381 g/mol. The quantitative estimate of drug-likeness (QED) is 0.698. The van der Waals surface area contributed by atoms with Gasteiger partial charge in [0.05, 0.1) is 31.0 Å². The standard InChI is InChI=1S/C19H23N7O2/c27-13-4-6-25(7-5-13)18-21-17(14-2-1-3-16-15(14)12-20-24-16)22-19(23-18)26-8-10-28-11-9-26/h1-3,12-13,27H,4-11H2,(H,20,24). The van der Waals surface area contributed by atoms with Crippen LogP contribution in [0.3, 0.4) is 0 Å². The Morgan fingerprint density at radius 3 is 2.43 bits per heavy atom. The smallest absolute Gasteiger partial charge is 0.230 e. The van der Waals surface area contributed by atoms with Gasteiger partial charge < -0.3 is 19.6 Å². The van der Waals surface area contributed by atoms with Crippen LogP contribution in [-0.4, -0.2) is 75.8 Å². The van der Waals surface area contributed by atoms with Crippen molar-refractivity contribution in [3.63, 3.8) is 0 Å². The first-order chi connectivity index (χ1) is 13.8. The van der Waals surface area contributed by atoms with E-state index < -0.39 is 0 Å². The van der Waals surface area contributed by atoms with Crippen LogP contribution in [0, 0.1) is 0 Å². The second-order valence-electron chi connectivity index (χ2n) is 7.21. The average Bonchev–Trinajstić information content (AvgIpc) is 3.23. The van der Waals surface area contributed by atoms with Gasteiger partial charge in [-0.15, -0.1) is 0 Å². The summed E-state index contributed by atoms with van der Waals surface area (Å²) in [6.45, 7) is 4.34. The van der Waals surface area contributed by atoms with E-state index in [0.29, 0.717) is 30.9 Å². The number of benzene rings is 1. The number of anilines is 2. The molecule has 0 atom stereocenters. The minimum absolute atomic E-state index is 0.240. The third-order valence-corrected chi connectivity index (χ3v) is 5.38. The topological polar surface area (TPSA) is 103 Å². The first-order valence-corrected chi connectivity index (χ1v) is 9.72. The van der Waals surface area contributed by atoms with Crippen LogP contribution in [0.1, 0.15) is 12.8 Å². The van der Waals surface area contributed by atoms with Crippen LogP contribution in [0.4, 0.5) is 11.9 Å². The summed E-state index contributed by atoms with van der Waals surface area (Å²) in [5, 5.41) is 18.0. The molecule has 0 radical (unpaired) electrons. The Morgan fingerprint density at radius 2 is 1.68 bits per heavy atom. The van der Waals surface area contributed by atoms with Crippen LogP contribution >= 0.6 is 0 Å². The third-order valence-electron chi connectivity index (χ3n) is 5.38. The Balaban J connectivity index is 1.59. The zero-order valence-corrected chi connectivity index (χ0v) is 15.6. The molecule has 2 fully saturated rings. The molecule has 4 heterocycles.